The number of amides is 1. The van der Waals surface area contributed by atoms with Crippen molar-refractivity contribution in [1.82, 2.24) is 19.9 Å². The Labute approximate surface area is 223 Å². The summed E-state index contributed by atoms with van der Waals surface area (Å²) in [6, 6.07) is 2.37. The van der Waals surface area contributed by atoms with Crippen molar-refractivity contribution in [3.63, 3.8) is 0 Å². The number of piperazine rings is 1. The monoisotopic (exact) mass is 551 g/mol. The van der Waals surface area contributed by atoms with Crippen molar-refractivity contribution in [3.8, 4) is 11.3 Å². The zero-order chi connectivity index (χ0) is 29.0. The normalized spacial score (nSPS) is 16.7. The van der Waals surface area contributed by atoms with Gasteiger partial charge in [-0.2, -0.15) is 27.5 Å². The Kier molecular flexibility index (Phi) is 7.20. The summed E-state index contributed by atoms with van der Waals surface area (Å²) in [5.74, 6) is -1.03. The molecule has 0 N–H and O–H groups in total. The molecule has 1 amide bonds. The van der Waals surface area contributed by atoms with Gasteiger partial charge in [0.2, 0.25) is 0 Å². The molecule has 0 bridgehead atoms. The Morgan fingerprint density at radius 2 is 1.67 bits per heavy atom. The standard InChI is InChI=1S/C27H30F5N5O2/c1-13-11-17-21(20(28)18(13)22-19(27(30,31)32)14(2)10-15(3)33-22)34-24(29)35-23(17)37-9-8-36(12-16(37)4)25(38)39-26(5,6)7/h10-11,16H,8-9,12H2,1-7H3/t16-/m0/s1. The summed E-state index contributed by atoms with van der Waals surface area (Å²) in [5, 5.41) is 0.144. The Morgan fingerprint density at radius 1 is 1.00 bits per heavy atom. The van der Waals surface area contributed by atoms with Gasteiger partial charge in [0, 0.05) is 42.3 Å². The molecule has 210 valence electrons. The molecule has 3 heterocycles. The number of aryl methyl sites for hydroxylation is 3. The largest absolute Gasteiger partial charge is 0.444 e. The minimum atomic E-state index is -4.79. The van der Waals surface area contributed by atoms with Gasteiger partial charge in [-0.25, -0.2) is 9.18 Å². The Bertz CT molecular complexity index is 1450. The maximum Gasteiger partial charge on any atom is 0.418 e. The molecule has 39 heavy (non-hydrogen) atoms. The summed E-state index contributed by atoms with van der Waals surface area (Å²) in [7, 11) is 0. The molecule has 4 rings (SSSR count). The van der Waals surface area contributed by atoms with E-state index >= 15 is 4.39 Å². The highest BCUT2D eigenvalue weighted by molar-refractivity contribution is 5.94. The molecule has 0 spiro atoms. The number of rotatable bonds is 2. The zero-order valence-corrected chi connectivity index (χ0v) is 22.8. The molecule has 12 heteroatoms. The first kappa shape index (κ1) is 28.4. The SMILES string of the molecule is Cc1cc(C)c(C(F)(F)F)c(-c2c(C)cc3c(N4CCN(C(=O)OC(C)(C)C)C[C@@H]4C)nc(F)nc3c2F)n1. The minimum Gasteiger partial charge on any atom is -0.444 e. The van der Waals surface area contributed by atoms with Crippen molar-refractivity contribution in [2.75, 3.05) is 24.5 Å². The number of hydrogen-bond acceptors (Lipinski definition) is 6. The topological polar surface area (TPSA) is 71.5 Å². The average Bonchev–Trinajstić information content (AvgIpc) is 2.77. The van der Waals surface area contributed by atoms with Crippen molar-refractivity contribution in [3.05, 3.63) is 46.4 Å². The minimum absolute atomic E-state index is 0.0896. The number of aromatic nitrogens is 3. The van der Waals surface area contributed by atoms with Gasteiger partial charge in [-0.1, -0.05) is 0 Å². The molecule has 0 aliphatic carbocycles. The van der Waals surface area contributed by atoms with Gasteiger partial charge in [-0.05, 0) is 71.7 Å². The Balaban J connectivity index is 1.82. The van der Waals surface area contributed by atoms with Crippen LogP contribution in [0.1, 0.15) is 50.1 Å². The van der Waals surface area contributed by atoms with E-state index in [0.717, 1.165) is 0 Å². The van der Waals surface area contributed by atoms with E-state index in [2.05, 4.69) is 15.0 Å². The molecule has 0 unspecified atom stereocenters. The summed E-state index contributed by atoms with van der Waals surface area (Å²) in [4.78, 5) is 27.4. The third-order valence-electron chi connectivity index (χ3n) is 6.50. The van der Waals surface area contributed by atoms with Crippen LogP contribution in [0.25, 0.3) is 22.2 Å². The number of carbonyl (C=O) groups excluding carboxylic acids is 1. The van der Waals surface area contributed by atoms with E-state index in [1.165, 1.54) is 37.8 Å². The van der Waals surface area contributed by atoms with E-state index in [4.69, 9.17) is 4.74 Å². The van der Waals surface area contributed by atoms with Gasteiger partial charge < -0.3 is 14.5 Å². The lowest BCUT2D eigenvalue weighted by atomic mass is 9.95. The second-order valence-electron chi connectivity index (χ2n) is 10.9. The third-order valence-corrected chi connectivity index (χ3v) is 6.50. The first-order chi connectivity index (χ1) is 18.0. The van der Waals surface area contributed by atoms with Crippen molar-refractivity contribution in [2.45, 2.75) is 66.3 Å². The van der Waals surface area contributed by atoms with Gasteiger partial charge in [0.1, 0.15) is 16.9 Å². The number of carbonyl (C=O) groups is 1. The number of benzene rings is 1. The predicted molar refractivity (Wildman–Crippen MR) is 137 cm³/mol. The highest BCUT2D eigenvalue weighted by Gasteiger charge is 2.38. The van der Waals surface area contributed by atoms with Crippen LogP contribution in [0.2, 0.25) is 0 Å². The van der Waals surface area contributed by atoms with Gasteiger partial charge in [0.05, 0.1) is 11.3 Å². The second kappa shape index (κ2) is 9.87. The molecule has 1 atom stereocenters. The molecule has 2 aromatic heterocycles. The molecule has 0 radical (unpaired) electrons. The maximum absolute atomic E-state index is 16.0. The summed E-state index contributed by atoms with van der Waals surface area (Å²) < 4.78 is 78.2. The number of halogens is 5. The smallest absolute Gasteiger partial charge is 0.418 e. The highest BCUT2D eigenvalue weighted by Crippen LogP contribution is 2.42. The van der Waals surface area contributed by atoms with Crippen LogP contribution in [0.4, 0.5) is 32.6 Å². The third kappa shape index (κ3) is 5.60. The van der Waals surface area contributed by atoms with Crippen LogP contribution >= 0.6 is 0 Å². The number of ether oxygens (including phenoxy) is 1. The molecule has 3 aromatic rings. The lowest BCUT2D eigenvalue weighted by Crippen LogP contribution is -2.55. The van der Waals surface area contributed by atoms with Crippen LogP contribution in [-0.2, 0) is 10.9 Å². The summed E-state index contributed by atoms with van der Waals surface area (Å²) in [6.07, 6.45) is -6.50. The van der Waals surface area contributed by atoms with Crippen LogP contribution in [0.5, 0.6) is 0 Å². The van der Waals surface area contributed by atoms with Crippen LogP contribution in [0.15, 0.2) is 12.1 Å². The van der Waals surface area contributed by atoms with Gasteiger partial charge in [0.25, 0.3) is 0 Å². The lowest BCUT2D eigenvalue weighted by molar-refractivity contribution is -0.137. The van der Waals surface area contributed by atoms with Gasteiger partial charge in [-0.15, -0.1) is 0 Å². The lowest BCUT2D eigenvalue weighted by Gasteiger charge is -2.41. The fourth-order valence-corrected chi connectivity index (χ4v) is 4.96. The quantitative estimate of drug-likeness (QED) is 0.273. The maximum atomic E-state index is 16.0. The predicted octanol–water partition coefficient (Wildman–Crippen LogP) is 6.36. The van der Waals surface area contributed by atoms with Crippen LogP contribution in [-0.4, -0.2) is 57.2 Å². The Hall–Kier alpha value is -3.57. The van der Waals surface area contributed by atoms with E-state index in [-0.39, 0.29) is 53.7 Å². The van der Waals surface area contributed by atoms with Crippen LogP contribution < -0.4 is 4.90 Å². The van der Waals surface area contributed by atoms with Crippen molar-refractivity contribution < 1.29 is 31.5 Å². The number of alkyl halides is 3. The number of anilines is 1. The number of hydrogen-bond donors (Lipinski definition) is 0. The molecule has 1 saturated heterocycles. The molecule has 1 aliphatic heterocycles. The van der Waals surface area contributed by atoms with Gasteiger partial charge in [0.15, 0.2) is 5.82 Å². The van der Waals surface area contributed by atoms with E-state index < -0.39 is 52.1 Å². The first-order valence-electron chi connectivity index (χ1n) is 12.4. The summed E-state index contributed by atoms with van der Waals surface area (Å²) >= 11 is 0. The molecule has 0 saturated carbocycles. The molecular formula is C27H30F5N5O2. The Morgan fingerprint density at radius 3 is 2.26 bits per heavy atom. The fraction of sp³-hybridized carbons (Fsp3) is 0.481. The second-order valence-corrected chi connectivity index (χ2v) is 10.9. The molecule has 1 aliphatic rings. The molecular weight excluding hydrogens is 521 g/mol. The fourth-order valence-electron chi connectivity index (χ4n) is 4.96. The van der Waals surface area contributed by atoms with E-state index in [1.807, 2.05) is 0 Å². The number of pyridine rings is 1. The average molecular weight is 552 g/mol. The van der Waals surface area contributed by atoms with Gasteiger partial charge in [-0.3, -0.25) is 4.98 Å². The van der Waals surface area contributed by atoms with Crippen molar-refractivity contribution in [1.29, 1.82) is 0 Å². The van der Waals surface area contributed by atoms with Crippen LogP contribution in [0.3, 0.4) is 0 Å². The van der Waals surface area contributed by atoms with Crippen molar-refractivity contribution in [2.24, 2.45) is 0 Å². The summed E-state index contributed by atoms with van der Waals surface area (Å²) in [6.45, 7) is 12.1. The van der Waals surface area contributed by atoms with Crippen LogP contribution in [0, 0.1) is 32.7 Å². The van der Waals surface area contributed by atoms with E-state index in [9.17, 15) is 22.4 Å². The number of nitrogens with zero attached hydrogens (tertiary/aromatic N) is 5. The van der Waals surface area contributed by atoms with Crippen molar-refractivity contribution >= 4 is 22.8 Å². The number of fused-ring (bicyclic) bond motifs is 1. The molecule has 1 aromatic carbocycles. The molecule has 1 fully saturated rings. The highest BCUT2D eigenvalue weighted by atomic mass is 19.4. The summed E-state index contributed by atoms with van der Waals surface area (Å²) in [5.41, 5.74) is -2.81. The van der Waals surface area contributed by atoms with E-state index in [0.29, 0.717) is 0 Å². The first-order valence-corrected chi connectivity index (χ1v) is 12.4. The van der Waals surface area contributed by atoms with E-state index in [1.54, 1.807) is 32.6 Å². The molecule has 7 nitrogen and oxygen atoms in total. The zero-order valence-electron chi connectivity index (χ0n) is 22.8. The van der Waals surface area contributed by atoms with Gasteiger partial charge >= 0.3 is 18.3 Å².